The van der Waals surface area contributed by atoms with Crippen LogP contribution >= 0.6 is 0 Å². The first-order valence-electron chi connectivity index (χ1n) is 9.54. The topological polar surface area (TPSA) is 63.1 Å². The number of hydrogen-bond acceptors (Lipinski definition) is 3. The summed E-state index contributed by atoms with van der Waals surface area (Å²) in [5.74, 6) is -0.0104. The number of nitrogens with zero attached hydrogens (tertiary/aromatic N) is 1. The Hall–Kier alpha value is -2.47. The lowest BCUT2D eigenvalue weighted by Crippen LogP contribution is -2.45. The number of anilines is 1. The summed E-state index contributed by atoms with van der Waals surface area (Å²) in [6.45, 7) is 1.88. The number of halogens is 1. The molecule has 1 aliphatic heterocycles. The molecule has 1 aliphatic carbocycles. The van der Waals surface area contributed by atoms with Gasteiger partial charge in [0.2, 0.25) is 5.91 Å². The number of carbonyl (C=O) groups excluding carboxylic acids is 1. The summed E-state index contributed by atoms with van der Waals surface area (Å²) in [5.41, 5.74) is 0.482. The third kappa shape index (κ3) is 3.41. The highest BCUT2D eigenvalue weighted by Gasteiger charge is 2.49. The minimum absolute atomic E-state index is 0.0474. The lowest BCUT2D eigenvalue weighted by atomic mass is 9.67. The Kier molecular flexibility index (Phi) is 4.83. The van der Waals surface area contributed by atoms with Crippen LogP contribution in [-0.2, 0) is 11.3 Å². The van der Waals surface area contributed by atoms with Crippen LogP contribution < -0.4 is 16.2 Å². The van der Waals surface area contributed by atoms with Gasteiger partial charge in [-0.25, -0.2) is 4.39 Å². The summed E-state index contributed by atoms with van der Waals surface area (Å²) in [6.07, 6.45) is 5.82. The normalized spacial score (nSPS) is 24.4. The van der Waals surface area contributed by atoms with Crippen LogP contribution in [0.3, 0.4) is 0 Å². The van der Waals surface area contributed by atoms with Crippen LogP contribution in [0, 0.1) is 17.2 Å². The Bertz CT molecular complexity index is 893. The Balaban J connectivity index is 1.55. The van der Waals surface area contributed by atoms with Crippen molar-refractivity contribution in [3.8, 4) is 0 Å². The van der Waals surface area contributed by atoms with E-state index >= 15 is 0 Å². The number of amides is 1. The van der Waals surface area contributed by atoms with Gasteiger partial charge in [0.15, 0.2) is 0 Å². The lowest BCUT2D eigenvalue weighted by molar-refractivity contribution is -0.128. The van der Waals surface area contributed by atoms with Crippen molar-refractivity contribution in [3.05, 3.63) is 64.3 Å². The van der Waals surface area contributed by atoms with E-state index in [1.54, 1.807) is 30.5 Å². The standard InChI is InChI=1S/C21H24FN3O2/c22-17-8-6-15(7-9-17)13-25-11-3-5-18(19(25)26)24-20(27)21-10-2-1-4-16(21)12-23-14-21/h3,5-9,11,16,23H,1-2,4,10,12-14H2,(H,24,27)/t16-,21+/m0/s1. The quantitative estimate of drug-likeness (QED) is 0.871. The molecule has 2 N–H and O–H groups in total. The number of nitrogens with one attached hydrogen (secondary N) is 2. The summed E-state index contributed by atoms with van der Waals surface area (Å²) in [6, 6.07) is 9.47. The molecule has 1 aromatic carbocycles. The molecule has 2 aromatic rings. The van der Waals surface area contributed by atoms with Crippen molar-refractivity contribution in [1.82, 2.24) is 9.88 Å². The maximum absolute atomic E-state index is 13.1. The van der Waals surface area contributed by atoms with Crippen molar-refractivity contribution < 1.29 is 9.18 Å². The Morgan fingerprint density at radius 1 is 1.26 bits per heavy atom. The van der Waals surface area contributed by atoms with Gasteiger partial charge < -0.3 is 15.2 Å². The molecule has 1 saturated heterocycles. The van der Waals surface area contributed by atoms with Crippen LogP contribution in [0.15, 0.2) is 47.4 Å². The zero-order chi connectivity index (χ0) is 18.9. The smallest absolute Gasteiger partial charge is 0.274 e. The van der Waals surface area contributed by atoms with Gasteiger partial charge in [-0.2, -0.15) is 0 Å². The molecule has 142 valence electrons. The van der Waals surface area contributed by atoms with E-state index in [1.165, 1.54) is 16.7 Å². The third-order valence-corrected chi connectivity index (χ3v) is 6.02. The number of aromatic nitrogens is 1. The summed E-state index contributed by atoms with van der Waals surface area (Å²) in [4.78, 5) is 25.9. The maximum Gasteiger partial charge on any atom is 0.274 e. The number of pyridine rings is 1. The third-order valence-electron chi connectivity index (χ3n) is 6.02. The number of rotatable bonds is 4. The minimum atomic E-state index is -0.400. The van der Waals surface area contributed by atoms with Crippen LogP contribution in [0.1, 0.15) is 31.2 Å². The van der Waals surface area contributed by atoms with Gasteiger partial charge in [-0.15, -0.1) is 0 Å². The van der Waals surface area contributed by atoms with Gasteiger partial charge in [0.1, 0.15) is 11.5 Å². The van der Waals surface area contributed by atoms with Crippen LogP contribution in [0.4, 0.5) is 10.1 Å². The van der Waals surface area contributed by atoms with Crippen LogP contribution in [0.2, 0.25) is 0 Å². The fourth-order valence-corrected chi connectivity index (χ4v) is 4.48. The lowest BCUT2D eigenvalue weighted by Gasteiger charge is -2.37. The summed E-state index contributed by atoms with van der Waals surface area (Å²) in [7, 11) is 0. The van der Waals surface area contributed by atoms with Crippen LogP contribution in [-0.4, -0.2) is 23.6 Å². The molecule has 2 atom stereocenters. The molecule has 6 heteroatoms. The van der Waals surface area contributed by atoms with Gasteiger partial charge in [0.05, 0.1) is 12.0 Å². The second-order valence-electron chi connectivity index (χ2n) is 7.67. The fraction of sp³-hybridized carbons (Fsp3) is 0.429. The highest BCUT2D eigenvalue weighted by atomic mass is 19.1. The van der Waals surface area contributed by atoms with E-state index in [4.69, 9.17) is 0 Å². The highest BCUT2D eigenvalue weighted by molar-refractivity contribution is 5.96. The average Bonchev–Trinajstić information content (AvgIpc) is 3.12. The molecule has 4 rings (SSSR count). The van der Waals surface area contributed by atoms with Gasteiger partial charge in [-0.05, 0) is 55.1 Å². The molecule has 0 unspecified atom stereocenters. The Labute approximate surface area is 157 Å². The monoisotopic (exact) mass is 369 g/mol. The van der Waals surface area contributed by atoms with Crippen molar-refractivity contribution in [2.45, 2.75) is 32.2 Å². The average molecular weight is 369 g/mol. The van der Waals surface area contributed by atoms with E-state index in [1.807, 2.05) is 0 Å². The summed E-state index contributed by atoms with van der Waals surface area (Å²) in [5, 5.41) is 6.27. The largest absolute Gasteiger partial charge is 0.321 e. The molecule has 27 heavy (non-hydrogen) atoms. The molecule has 0 bridgehead atoms. The van der Waals surface area contributed by atoms with E-state index in [0.717, 1.165) is 37.8 Å². The number of benzene rings is 1. The first-order chi connectivity index (χ1) is 13.1. The van der Waals surface area contributed by atoms with Gasteiger partial charge in [0, 0.05) is 12.7 Å². The Morgan fingerprint density at radius 2 is 2.07 bits per heavy atom. The zero-order valence-electron chi connectivity index (χ0n) is 15.2. The molecule has 2 fully saturated rings. The first kappa shape index (κ1) is 17.9. The van der Waals surface area contributed by atoms with Crippen molar-refractivity contribution in [2.75, 3.05) is 18.4 Å². The highest BCUT2D eigenvalue weighted by Crippen LogP contribution is 2.44. The van der Waals surface area contributed by atoms with E-state index in [2.05, 4.69) is 10.6 Å². The first-order valence-corrected chi connectivity index (χ1v) is 9.54. The maximum atomic E-state index is 13.1. The minimum Gasteiger partial charge on any atom is -0.321 e. The van der Waals surface area contributed by atoms with Gasteiger partial charge in [-0.1, -0.05) is 25.0 Å². The van der Waals surface area contributed by atoms with Crippen LogP contribution in [0.25, 0.3) is 0 Å². The Morgan fingerprint density at radius 3 is 2.89 bits per heavy atom. The second-order valence-corrected chi connectivity index (χ2v) is 7.67. The van der Waals surface area contributed by atoms with Crippen molar-refractivity contribution in [3.63, 3.8) is 0 Å². The van der Waals surface area contributed by atoms with E-state index in [-0.39, 0.29) is 17.3 Å². The molecule has 1 amide bonds. The molecule has 2 heterocycles. The van der Waals surface area contributed by atoms with Crippen LogP contribution in [0.5, 0.6) is 0 Å². The molecular formula is C21H24FN3O2. The predicted octanol–water partition coefficient (Wildman–Crippen LogP) is 2.75. The van der Waals surface area contributed by atoms with E-state index in [0.29, 0.717) is 24.7 Å². The fourth-order valence-electron chi connectivity index (χ4n) is 4.48. The van der Waals surface area contributed by atoms with Gasteiger partial charge >= 0.3 is 0 Å². The van der Waals surface area contributed by atoms with Crippen molar-refractivity contribution >= 4 is 11.6 Å². The molecular weight excluding hydrogens is 345 g/mol. The summed E-state index contributed by atoms with van der Waals surface area (Å²) >= 11 is 0. The molecule has 5 nitrogen and oxygen atoms in total. The van der Waals surface area contributed by atoms with Crippen molar-refractivity contribution in [1.29, 1.82) is 0 Å². The van der Waals surface area contributed by atoms with Crippen molar-refractivity contribution in [2.24, 2.45) is 11.3 Å². The summed E-state index contributed by atoms with van der Waals surface area (Å²) < 4.78 is 14.6. The van der Waals surface area contributed by atoms with E-state index < -0.39 is 5.41 Å². The second kappa shape index (κ2) is 7.27. The molecule has 0 radical (unpaired) electrons. The van der Waals surface area contributed by atoms with Gasteiger partial charge in [0.25, 0.3) is 5.56 Å². The van der Waals surface area contributed by atoms with Gasteiger partial charge in [-0.3, -0.25) is 9.59 Å². The predicted molar refractivity (Wildman–Crippen MR) is 102 cm³/mol. The molecule has 2 aliphatic rings. The number of hydrogen-bond donors (Lipinski definition) is 2. The number of carbonyl (C=O) groups is 1. The molecule has 1 aromatic heterocycles. The molecule has 1 saturated carbocycles. The molecule has 0 spiro atoms. The van der Waals surface area contributed by atoms with E-state index in [9.17, 15) is 14.0 Å². The zero-order valence-corrected chi connectivity index (χ0v) is 15.2. The number of fused-ring (bicyclic) bond motifs is 1. The SMILES string of the molecule is O=C(Nc1cccn(Cc2ccc(F)cc2)c1=O)[C@@]12CCCC[C@H]1CNC2.